The molecule has 0 aliphatic carbocycles. The molecule has 0 radical (unpaired) electrons. The van der Waals surface area contributed by atoms with Gasteiger partial charge >= 0.3 is 0 Å². The van der Waals surface area contributed by atoms with Crippen molar-refractivity contribution in [2.75, 3.05) is 11.5 Å². The molecule has 0 saturated heterocycles. The number of hydrogen-bond donors (Lipinski definition) is 3. The normalized spacial score (nSPS) is 11.7. The summed E-state index contributed by atoms with van der Waals surface area (Å²) >= 11 is 12.3. The van der Waals surface area contributed by atoms with Crippen LogP contribution in [-0.4, -0.2) is 39.3 Å². The molecule has 10 nitrogen and oxygen atoms in total. The van der Waals surface area contributed by atoms with Crippen molar-refractivity contribution in [3.05, 3.63) is 385 Å². The number of carbonyl (C=O) groups is 1. The highest BCUT2D eigenvalue weighted by molar-refractivity contribution is 9.13. The van der Waals surface area contributed by atoms with E-state index in [1.54, 1.807) is 12.1 Å². The van der Waals surface area contributed by atoms with Gasteiger partial charge in [0.25, 0.3) is 0 Å². The lowest BCUT2D eigenvalue weighted by Gasteiger charge is -2.11. The third-order valence-electron chi connectivity index (χ3n) is 22.9. The molecule has 570 valence electrons. The van der Waals surface area contributed by atoms with E-state index in [-0.39, 0.29) is 0 Å². The van der Waals surface area contributed by atoms with Gasteiger partial charge in [-0.25, -0.2) is 9.97 Å². The van der Waals surface area contributed by atoms with E-state index >= 15 is 0 Å². The lowest BCUT2D eigenvalue weighted by molar-refractivity contribution is 0.112. The number of thiophene rings is 3. The Labute approximate surface area is 715 Å². The van der Waals surface area contributed by atoms with Crippen molar-refractivity contribution in [2.24, 2.45) is 0 Å². The van der Waals surface area contributed by atoms with Crippen molar-refractivity contribution in [2.45, 2.75) is 0 Å². The minimum atomic E-state index is 0.646. The number of aldehydes is 1. The van der Waals surface area contributed by atoms with Crippen LogP contribution < -0.4 is 11.5 Å². The van der Waals surface area contributed by atoms with Gasteiger partial charge in [-0.1, -0.05) is 218 Å². The summed E-state index contributed by atoms with van der Waals surface area (Å²) in [5.41, 5.74) is 30.9. The second-order valence-electron chi connectivity index (χ2n) is 29.8. The number of halogens is 2. The SMILES string of the molecule is Brc1ccccc1Br.Nc1ccccc1N.O=Cc1ccc2c3ccc4sc5ccccc5c4c3n(-c3ccccc3)c2c1.c1ccc(-n2c3cc(-c4nc5ccccc5[nH]4)ccc3c3ccc4sc5ccccc5c4c32)cc1.c1ccc(-n2c3cc4c(cc3c3ccc5sc6ccccc6c5c32)c2ccccc2n2c3ccccc3nc42)cc1. The average Bonchev–Trinajstić information content (AvgIpc) is 1.55. The number of nitrogen functional groups attached to an aromatic ring is 2. The summed E-state index contributed by atoms with van der Waals surface area (Å²) in [4.78, 5) is 25.0. The minimum absolute atomic E-state index is 0.646. The molecule has 0 spiro atoms. The highest BCUT2D eigenvalue weighted by Gasteiger charge is 2.25. The zero-order valence-electron chi connectivity index (χ0n) is 64.0. The van der Waals surface area contributed by atoms with Crippen LogP contribution in [0.3, 0.4) is 0 Å². The van der Waals surface area contributed by atoms with Crippen LogP contribution in [0.4, 0.5) is 11.4 Å². The fraction of sp³-hybridized carbons (Fsp3) is 0. The van der Waals surface area contributed by atoms with Crippen molar-refractivity contribution in [3.8, 4) is 28.5 Å². The number of nitrogens with one attached hydrogen (secondary N) is 1. The molecule has 5 N–H and O–H groups in total. The molecule has 0 unspecified atom stereocenters. The Morgan fingerprint density at radius 3 is 1.20 bits per heavy atom. The van der Waals surface area contributed by atoms with Crippen LogP contribution >= 0.6 is 65.9 Å². The molecule has 120 heavy (non-hydrogen) atoms. The summed E-state index contributed by atoms with van der Waals surface area (Å²) in [5, 5.41) is 18.9. The maximum absolute atomic E-state index is 11.5. The van der Waals surface area contributed by atoms with Gasteiger partial charge in [-0.05, 0) is 189 Å². The summed E-state index contributed by atoms with van der Waals surface area (Å²) in [5.74, 6) is 0.893. The van der Waals surface area contributed by atoms with Crippen LogP contribution in [-0.2, 0) is 0 Å². The smallest absolute Gasteiger partial charge is 0.150 e. The van der Waals surface area contributed by atoms with Crippen molar-refractivity contribution in [3.63, 3.8) is 0 Å². The molecule has 15 heteroatoms. The van der Waals surface area contributed by atoms with E-state index in [2.05, 4.69) is 340 Å². The summed E-state index contributed by atoms with van der Waals surface area (Å²) in [6.45, 7) is 0. The molecule has 0 aliphatic heterocycles. The minimum Gasteiger partial charge on any atom is -0.397 e. The summed E-state index contributed by atoms with van der Waals surface area (Å²) in [7, 11) is 0. The number of fused-ring (bicyclic) bond motifs is 30. The zero-order chi connectivity index (χ0) is 80.2. The van der Waals surface area contributed by atoms with E-state index in [1.807, 2.05) is 107 Å². The first-order valence-electron chi connectivity index (χ1n) is 39.5. The van der Waals surface area contributed by atoms with Gasteiger partial charge in [0.1, 0.15) is 17.8 Å². The number of nitrogens with zero attached hydrogens (tertiary/aromatic N) is 6. The Hall–Kier alpha value is -14.0. The Morgan fingerprint density at radius 2 is 0.700 bits per heavy atom. The second-order valence-corrected chi connectivity index (χ2v) is 34.7. The highest BCUT2D eigenvalue weighted by Crippen LogP contribution is 2.49. The molecular weight excluding hydrogens is 1660 g/mol. The number of imidazole rings is 2. The topological polar surface area (TPSA) is 130 Å². The first kappa shape index (κ1) is 72.4. The molecule has 26 aromatic rings. The van der Waals surface area contributed by atoms with E-state index in [9.17, 15) is 4.79 Å². The summed E-state index contributed by atoms with van der Waals surface area (Å²) in [6.07, 6.45) is 0.919. The van der Waals surface area contributed by atoms with Crippen LogP contribution in [0.5, 0.6) is 0 Å². The Balaban J connectivity index is 0.0000000998. The number of H-pyrrole nitrogens is 1. The molecule has 0 atom stereocenters. The molecular formula is C105H67Br2N9OS3. The Morgan fingerprint density at radius 1 is 0.300 bits per heavy atom. The molecule has 0 bridgehead atoms. The molecule has 0 amide bonds. The number of aromatic nitrogens is 7. The lowest BCUT2D eigenvalue weighted by Crippen LogP contribution is -1.95. The number of nitrogens with two attached hydrogens (primary N) is 2. The van der Waals surface area contributed by atoms with Crippen LogP contribution in [0.15, 0.2) is 379 Å². The number of hydrogen-bond acceptors (Lipinski definition) is 8. The van der Waals surface area contributed by atoms with Gasteiger partial charge < -0.3 is 30.2 Å². The number of aromatic amines is 1. The molecule has 9 heterocycles. The quantitative estimate of drug-likeness (QED) is 0.0898. The van der Waals surface area contributed by atoms with Gasteiger partial charge in [-0.3, -0.25) is 9.20 Å². The van der Waals surface area contributed by atoms with Crippen LogP contribution in [0.2, 0.25) is 0 Å². The van der Waals surface area contributed by atoms with Gasteiger partial charge in [0.15, 0.2) is 0 Å². The third-order valence-corrected chi connectivity index (χ3v) is 28.2. The molecule has 9 aromatic heterocycles. The van der Waals surface area contributed by atoms with E-state index in [4.69, 9.17) is 21.4 Å². The predicted molar refractivity (Wildman–Crippen MR) is 520 cm³/mol. The van der Waals surface area contributed by atoms with Gasteiger partial charge in [-0.2, -0.15) is 0 Å². The van der Waals surface area contributed by atoms with Gasteiger partial charge in [0.2, 0.25) is 0 Å². The predicted octanol–water partition coefficient (Wildman–Crippen LogP) is 30.0. The van der Waals surface area contributed by atoms with Crippen molar-refractivity contribution in [1.29, 1.82) is 0 Å². The Bertz CT molecular complexity index is 8470. The highest BCUT2D eigenvalue weighted by atomic mass is 79.9. The van der Waals surface area contributed by atoms with Gasteiger partial charge in [0, 0.05) is 141 Å². The molecule has 26 rings (SSSR count). The third kappa shape index (κ3) is 12.2. The standard InChI is InChI=1S/C37H21N3S.C31H19N3S.C25H15NOS.C6H4Br2.C6H8N2/c1-2-10-22(11-3-1)39-32-21-28-26(23-12-4-7-15-30(23)40-31-16-8-6-14-29(31)38-37(28)40)20-27(32)24-18-19-34-35(36(24)39)25-13-5-9-17-33(25)41-34;1-2-8-20(9-3-1)34-26-18-19(31-32-24-11-5-6-12-25(24)33-31)14-15-21(26)22-16-17-28-29(30(22)34)23-10-4-7-13-27(23)35-28;27-15-16-10-11-18-19-12-13-23-24(20-8-4-5-9-22(20)28-23)25(19)26(21(18)14-16)17-6-2-1-3-7-17;2*7-5-3-1-2-4-6(5)8/h1-21H;1-18H,(H,32,33);1-15H;1-4H;1-4H,7-8H2. The van der Waals surface area contributed by atoms with E-state index < -0.39 is 0 Å². The van der Waals surface area contributed by atoms with Crippen LogP contribution in [0, 0.1) is 0 Å². The molecule has 0 aliphatic rings. The number of benzene rings is 17. The number of para-hydroxylation sites is 10. The van der Waals surface area contributed by atoms with Crippen LogP contribution in [0.1, 0.15) is 10.4 Å². The fourth-order valence-corrected chi connectivity index (χ4v) is 21.4. The van der Waals surface area contributed by atoms with Crippen molar-refractivity contribution in [1.82, 2.24) is 33.1 Å². The van der Waals surface area contributed by atoms with Crippen LogP contribution in [0.25, 0.3) is 204 Å². The number of rotatable bonds is 5. The molecule has 17 aromatic carbocycles. The second kappa shape index (κ2) is 29.9. The summed E-state index contributed by atoms with van der Waals surface area (Å²) < 4.78 is 19.6. The monoisotopic (exact) mass is 1720 g/mol. The number of pyridine rings is 1. The molecule has 0 fully saturated rings. The average molecular weight is 1730 g/mol. The first-order chi connectivity index (χ1) is 59.2. The maximum atomic E-state index is 11.5. The van der Waals surface area contributed by atoms with Crippen molar-refractivity contribution >= 4 is 259 Å². The van der Waals surface area contributed by atoms with E-state index in [0.717, 1.165) is 71.2 Å². The number of carbonyl (C=O) groups excluding carboxylic acids is 1. The largest absolute Gasteiger partial charge is 0.397 e. The van der Waals surface area contributed by atoms with E-state index in [1.165, 1.54) is 148 Å². The first-order valence-corrected chi connectivity index (χ1v) is 43.5. The van der Waals surface area contributed by atoms with Gasteiger partial charge in [0.05, 0.1) is 72.1 Å². The van der Waals surface area contributed by atoms with Gasteiger partial charge in [-0.15, -0.1) is 34.0 Å². The zero-order valence-corrected chi connectivity index (χ0v) is 69.6. The fourth-order valence-electron chi connectivity index (χ4n) is 17.6. The summed E-state index contributed by atoms with van der Waals surface area (Å²) in [6, 6.07) is 130. The Kier molecular flexibility index (Phi) is 18.0. The lowest BCUT2D eigenvalue weighted by atomic mass is 10.0. The van der Waals surface area contributed by atoms with Crippen molar-refractivity contribution < 1.29 is 4.79 Å². The van der Waals surface area contributed by atoms with E-state index in [0.29, 0.717) is 16.9 Å². The maximum Gasteiger partial charge on any atom is 0.150 e. The number of anilines is 2. The molecule has 0 saturated carbocycles.